The van der Waals surface area contributed by atoms with Crippen molar-refractivity contribution in [1.29, 1.82) is 0 Å². The van der Waals surface area contributed by atoms with Gasteiger partial charge in [0.15, 0.2) is 0 Å². The van der Waals surface area contributed by atoms with Gasteiger partial charge in [0.25, 0.3) is 0 Å². The first kappa shape index (κ1) is 10.2. The number of hydrogen-bond donors (Lipinski definition) is 2. The van der Waals surface area contributed by atoms with Crippen LogP contribution in [-0.4, -0.2) is 53.3 Å². The van der Waals surface area contributed by atoms with Gasteiger partial charge in [-0.15, -0.1) is 5.10 Å². The number of likely N-dealkylation sites (N-methyl/N-ethyl adjacent to an activating group) is 2. The largest absolute Gasteiger partial charge is 0.368 e. The van der Waals surface area contributed by atoms with E-state index in [1.54, 1.807) is 0 Å². The molecule has 0 aliphatic carbocycles. The van der Waals surface area contributed by atoms with Gasteiger partial charge in [0.1, 0.15) is 0 Å². The highest BCUT2D eigenvalue weighted by atomic mass is 15.4. The lowest BCUT2D eigenvalue weighted by Crippen LogP contribution is -2.37. The average Bonchev–Trinajstić information content (AvgIpc) is 2.77. The van der Waals surface area contributed by atoms with Crippen LogP contribution in [0.25, 0.3) is 0 Å². The fourth-order valence-corrected chi connectivity index (χ4v) is 2.04. The Morgan fingerprint density at radius 2 is 2.47 bits per heavy atom. The molecule has 15 heavy (non-hydrogen) atoms. The van der Waals surface area contributed by atoms with Gasteiger partial charge in [-0.1, -0.05) is 0 Å². The lowest BCUT2D eigenvalue weighted by Gasteiger charge is -2.24. The zero-order valence-corrected chi connectivity index (χ0v) is 9.27. The van der Waals surface area contributed by atoms with E-state index in [1.165, 1.54) is 19.4 Å². The van der Waals surface area contributed by atoms with Crippen LogP contribution in [0.15, 0.2) is 0 Å². The maximum absolute atomic E-state index is 5.49. The number of nitrogen functional groups attached to an aromatic ring is 1. The standard InChI is InChI=1S/C9H18N6/c1-14-5-3-4-7(14)6-15(2)9-11-8(10)12-13-9/h7H,3-6H2,1-2H3,(H3,10,11,12,13). The Morgan fingerprint density at radius 1 is 1.67 bits per heavy atom. The Balaban J connectivity index is 1.94. The van der Waals surface area contributed by atoms with Crippen molar-refractivity contribution in [2.75, 3.05) is 37.8 Å². The van der Waals surface area contributed by atoms with Gasteiger partial charge in [-0.3, -0.25) is 0 Å². The fourth-order valence-electron chi connectivity index (χ4n) is 2.04. The van der Waals surface area contributed by atoms with E-state index in [0.717, 1.165) is 6.54 Å². The molecule has 0 radical (unpaired) electrons. The lowest BCUT2D eigenvalue weighted by molar-refractivity contribution is 0.313. The number of nitrogens with one attached hydrogen (secondary N) is 1. The minimum absolute atomic E-state index is 0.372. The summed E-state index contributed by atoms with van der Waals surface area (Å²) >= 11 is 0. The Morgan fingerprint density at radius 3 is 3.00 bits per heavy atom. The molecule has 0 amide bonds. The molecule has 1 aromatic rings. The number of likely N-dealkylation sites (tertiary alicyclic amines) is 1. The van der Waals surface area contributed by atoms with E-state index >= 15 is 0 Å². The van der Waals surface area contributed by atoms with E-state index in [0.29, 0.717) is 17.9 Å². The summed E-state index contributed by atoms with van der Waals surface area (Å²) in [5.41, 5.74) is 5.49. The summed E-state index contributed by atoms with van der Waals surface area (Å²) in [5, 5.41) is 6.68. The van der Waals surface area contributed by atoms with Gasteiger partial charge in [0.2, 0.25) is 11.9 Å². The molecule has 3 N–H and O–H groups in total. The fraction of sp³-hybridized carbons (Fsp3) is 0.778. The maximum Gasteiger partial charge on any atom is 0.246 e. The molecule has 1 unspecified atom stereocenters. The average molecular weight is 210 g/mol. The summed E-state index contributed by atoms with van der Waals surface area (Å²) in [6.45, 7) is 2.14. The molecule has 0 saturated carbocycles. The Labute approximate surface area is 89.5 Å². The molecule has 2 heterocycles. The van der Waals surface area contributed by atoms with Crippen molar-refractivity contribution in [1.82, 2.24) is 20.1 Å². The third-order valence-corrected chi connectivity index (χ3v) is 2.99. The van der Waals surface area contributed by atoms with Crippen LogP contribution in [0.2, 0.25) is 0 Å². The van der Waals surface area contributed by atoms with E-state index in [2.05, 4.69) is 27.1 Å². The molecule has 0 aromatic carbocycles. The molecular weight excluding hydrogens is 192 g/mol. The van der Waals surface area contributed by atoms with Gasteiger partial charge in [-0.25, -0.2) is 5.10 Å². The van der Waals surface area contributed by atoms with Gasteiger partial charge >= 0.3 is 0 Å². The van der Waals surface area contributed by atoms with Crippen LogP contribution >= 0.6 is 0 Å². The van der Waals surface area contributed by atoms with Gasteiger partial charge < -0.3 is 15.5 Å². The second-order valence-corrected chi connectivity index (χ2v) is 4.18. The normalized spacial score (nSPS) is 22.1. The molecule has 1 aliphatic rings. The highest BCUT2D eigenvalue weighted by molar-refractivity contribution is 5.32. The minimum atomic E-state index is 0.372. The smallest absolute Gasteiger partial charge is 0.246 e. The Kier molecular flexibility index (Phi) is 2.77. The number of nitrogens with two attached hydrogens (primary N) is 1. The van der Waals surface area contributed by atoms with E-state index in [4.69, 9.17) is 5.73 Å². The van der Waals surface area contributed by atoms with Crippen LogP contribution in [0.1, 0.15) is 12.8 Å². The number of anilines is 2. The van der Waals surface area contributed by atoms with Crippen molar-refractivity contribution in [2.24, 2.45) is 0 Å². The van der Waals surface area contributed by atoms with Crippen LogP contribution in [0.3, 0.4) is 0 Å². The quantitative estimate of drug-likeness (QED) is 0.730. The third-order valence-electron chi connectivity index (χ3n) is 2.99. The number of hydrogen-bond acceptors (Lipinski definition) is 5. The third kappa shape index (κ3) is 2.20. The first-order chi connectivity index (χ1) is 7.16. The summed E-state index contributed by atoms with van der Waals surface area (Å²) < 4.78 is 0. The van der Waals surface area contributed by atoms with Crippen molar-refractivity contribution in [3.63, 3.8) is 0 Å². The van der Waals surface area contributed by atoms with Gasteiger partial charge in [0.05, 0.1) is 0 Å². The van der Waals surface area contributed by atoms with Crippen molar-refractivity contribution < 1.29 is 0 Å². The van der Waals surface area contributed by atoms with Crippen LogP contribution in [-0.2, 0) is 0 Å². The van der Waals surface area contributed by atoms with Crippen molar-refractivity contribution in [2.45, 2.75) is 18.9 Å². The summed E-state index contributed by atoms with van der Waals surface area (Å²) in [6.07, 6.45) is 2.53. The van der Waals surface area contributed by atoms with E-state index in [9.17, 15) is 0 Å². The number of H-pyrrole nitrogens is 1. The Hall–Kier alpha value is -1.30. The highest BCUT2D eigenvalue weighted by Crippen LogP contribution is 2.17. The molecule has 1 atom stereocenters. The van der Waals surface area contributed by atoms with Gasteiger partial charge in [-0.05, 0) is 26.4 Å². The second kappa shape index (κ2) is 4.06. The Bertz CT molecular complexity index is 322. The molecule has 2 rings (SSSR count). The van der Waals surface area contributed by atoms with Crippen LogP contribution in [0, 0.1) is 0 Å². The number of aromatic amines is 1. The van der Waals surface area contributed by atoms with Gasteiger partial charge in [-0.2, -0.15) is 4.98 Å². The van der Waals surface area contributed by atoms with E-state index < -0.39 is 0 Å². The summed E-state index contributed by atoms with van der Waals surface area (Å²) in [5.74, 6) is 1.05. The molecule has 84 valence electrons. The molecule has 0 spiro atoms. The molecule has 6 heteroatoms. The maximum atomic E-state index is 5.49. The molecule has 1 aliphatic heterocycles. The molecule has 1 aromatic heterocycles. The molecule has 6 nitrogen and oxygen atoms in total. The summed E-state index contributed by atoms with van der Waals surface area (Å²) in [4.78, 5) is 8.52. The predicted molar refractivity (Wildman–Crippen MR) is 59.7 cm³/mol. The molecule has 0 bridgehead atoms. The molecular formula is C9H18N6. The van der Waals surface area contributed by atoms with Gasteiger partial charge in [0, 0.05) is 19.6 Å². The van der Waals surface area contributed by atoms with E-state index in [1.807, 2.05) is 11.9 Å². The number of rotatable bonds is 3. The zero-order chi connectivity index (χ0) is 10.8. The highest BCUT2D eigenvalue weighted by Gasteiger charge is 2.23. The predicted octanol–water partition coefficient (Wildman–Crippen LogP) is -0.0827. The lowest BCUT2D eigenvalue weighted by atomic mass is 10.2. The topological polar surface area (TPSA) is 74.1 Å². The van der Waals surface area contributed by atoms with Crippen LogP contribution in [0.5, 0.6) is 0 Å². The summed E-state index contributed by atoms with van der Waals surface area (Å²) in [6, 6.07) is 0.606. The first-order valence-electron chi connectivity index (χ1n) is 5.26. The second-order valence-electron chi connectivity index (χ2n) is 4.18. The number of nitrogens with zero attached hydrogens (tertiary/aromatic N) is 4. The van der Waals surface area contributed by atoms with E-state index in [-0.39, 0.29) is 0 Å². The molecule has 1 saturated heterocycles. The first-order valence-corrected chi connectivity index (χ1v) is 5.26. The van der Waals surface area contributed by atoms with Crippen LogP contribution < -0.4 is 10.6 Å². The number of aromatic nitrogens is 3. The van der Waals surface area contributed by atoms with Crippen molar-refractivity contribution >= 4 is 11.9 Å². The minimum Gasteiger partial charge on any atom is -0.368 e. The zero-order valence-electron chi connectivity index (χ0n) is 9.27. The van der Waals surface area contributed by atoms with Crippen LogP contribution in [0.4, 0.5) is 11.9 Å². The SMILES string of the molecule is CN(CC1CCCN1C)c1n[nH]c(N)n1. The summed E-state index contributed by atoms with van der Waals surface area (Å²) in [7, 11) is 4.16. The van der Waals surface area contributed by atoms with Crippen molar-refractivity contribution in [3.8, 4) is 0 Å². The molecule has 1 fully saturated rings. The monoisotopic (exact) mass is 210 g/mol. The van der Waals surface area contributed by atoms with Crippen molar-refractivity contribution in [3.05, 3.63) is 0 Å².